The first-order valence-electron chi connectivity index (χ1n) is 9.42. The summed E-state index contributed by atoms with van der Waals surface area (Å²) in [6.45, 7) is 4.53. The summed E-state index contributed by atoms with van der Waals surface area (Å²) in [5.41, 5.74) is 1.97. The number of carbonyl (C=O) groups is 1. The minimum Gasteiger partial charge on any atom is -0.506 e. The molecule has 0 atom stereocenters. The summed E-state index contributed by atoms with van der Waals surface area (Å²) in [4.78, 5) is 15.7. The van der Waals surface area contributed by atoms with Gasteiger partial charge >= 0.3 is 0 Å². The molecular formula is C21H28N3O3+. The molecule has 0 unspecified atom stereocenters. The Balaban J connectivity index is 1.40. The number of aromatic hydroxyl groups is 1. The van der Waals surface area contributed by atoms with Crippen LogP contribution in [0.15, 0.2) is 48.5 Å². The highest BCUT2D eigenvalue weighted by Gasteiger charge is 2.23. The van der Waals surface area contributed by atoms with Crippen molar-refractivity contribution in [3.63, 3.8) is 0 Å². The summed E-state index contributed by atoms with van der Waals surface area (Å²) < 4.78 is 5.34. The molecule has 3 N–H and O–H groups in total. The van der Waals surface area contributed by atoms with Gasteiger partial charge in [-0.15, -0.1) is 0 Å². The minimum absolute atomic E-state index is 0.0795. The number of amides is 1. The minimum atomic E-state index is 0.0795. The largest absolute Gasteiger partial charge is 0.506 e. The van der Waals surface area contributed by atoms with Gasteiger partial charge in [0.15, 0.2) is 6.54 Å². The van der Waals surface area contributed by atoms with E-state index in [1.54, 1.807) is 13.2 Å². The van der Waals surface area contributed by atoms with Crippen LogP contribution in [-0.4, -0.2) is 57.4 Å². The van der Waals surface area contributed by atoms with Gasteiger partial charge in [0, 0.05) is 6.54 Å². The molecule has 144 valence electrons. The van der Waals surface area contributed by atoms with E-state index >= 15 is 0 Å². The summed E-state index contributed by atoms with van der Waals surface area (Å²) in [6, 6.07) is 15.3. The number of quaternary nitrogens is 1. The van der Waals surface area contributed by atoms with Crippen LogP contribution in [-0.2, 0) is 11.2 Å². The molecule has 0 bridgehead atoms. The van der Waals surface area contributed by atoms with Crippen LogP contribution < -0.4 is 19.9 Å². The van der Waals surface area contributed by atoms with Gasteiger partial charge in [-0.3, -0.25) is 4.79 Å². The van der Waals surface area contributed by atoms with E-state index in [1.165, 1.54) is 4.90 Å². The maximum atomic E-state index is 12.2. The third-order valence-electron chi connectivity index (χ3n) is 5.01. The zero-order valence-electron chi connectivity index (χ0n) is 15.8. The third kappa shape index (κ3) is 5.14. The number of carbonyl (C=O) groups excluding carboxylic acids is 1. The molecule has 1 aliphatic heterocycles. The zero-order chi connectivity index (χ0) is 19.1. The predicted molar refractivity (Wildman–Crippen MR) is 106 cm³/mol. The fourth-order valence-corrected chi connectivity index (χ4v) is 3.51. The molecule has 1 aliphatic rings. The van der Waals surface area contributed by atoms with Gasteiger partial charge in [0.1, 0.15) is 11.5 Å². The van der Waals surface area contributed by atoms with Gasteiger partial charge in [0.25, 0.3) is 5.91 Å². The van der Waals surface area contributed by atoms with E-state index in [9.17, 15) is 9.90 Å². The molecule has 2 aromatic carbocycles. The maximum Gasteiger partial charge on any atom is 0.275 e. The molecule has 2 aromatic rings. The number of phenolic OH excluding ortho intramolecular Hbond substituents is 1. The molecule has 1 amide bonds. The Hall–Kier alpha value is -2.73. The average Bonchev–Trinajstić information content (AvgIpc) is 2.69. The lowest BCUT2D eigenvalue weighted by Gasteiger charge is -2.33. The molecule has 0 aliphatic carbocycles. The van der Waals surface area contributed by atoms with Crippen LogP contribution in [0, 0.1) is 0 Å². The second-order valence-corrected chi connectivity index (χ2v) is 6.81. The Bertz CT molecular complexity index is 758. The van der Waals surface area contributed by atoms with Crippen LogP contribution in [0.25, 0.3) is 0 Å². The number of ether oxygens (including phenoxy) is 1. The predicted octanol–water partition coefficient (Wildman–Crippen LogP) is 0.465. The monoisotopic (exact) mass is 370 g/mol. The molecule has 1 heterocycles. The fraction of sp³-hybridized carbons (Fsp3) is 0.381. The molecule has 1 saturated heterocycles. The Labute approximate surface area is 160 Å². The number of hydrogen-bond acceptors (Lipinski definition) is 4. The lowest BCUT2D eigenvalue weighted by atomic mass is 10.1. The second kappa shape index (κ2) is 9.28. The lowest BCUT2D eigenvalue weighted by molar-refractivity contribution is -0.892. The highest BCUT2D eigenvalue weighted by atomic mass is 16.5. The number of anilines is 1. The van der Waals surface area contributed by atoms with Crippen LogP contribution in [0.4, 0.5) is 5.69 Å². The van der Waals surface area contributed by atoms with Crippen LogP contribution in [0.2, 0.25) is 0 Å². The van der Waals surface area contributed by atoms with Gasteiger partial charge in [0.2, 0.25) is 0 Å². The Kier molecular flexibility index (Phi) is 6.54. The van der Waals surface area contributed by atoms with Crippen molar-refractivity contribution in [2.75, 3.05) is 51.3 Å². The van der Waals surface area contributed by atoms with Crippen LogP contribution in [0.5, 0.6) is 11.5 Å². The molecule has 3 rings (SSSR count). The smallest absolute Gasteiger partial charge is 0.275 e. The number of piperazine rings is 1. The van der Waals surface area contributed by atoms with Gasteiger partial charge in [-0.05, 0) is 30.2 Å². The third-order valence-corrected chi connectivity index (χ3v) is 5.01. The summed E-state index contributed by atoms with van der Waals surface area (Å²) >= 11 is 0. The molecule has 0 radical (unpaired) electrons. The molecule has 6 nitrogen and oxygen atoms in total. The first kappa shape index (κ1) is 19.0. The number of benzene rings is 2. The lowest BCUT2D eigenvalue weighted by Crippen LogP contribution is -3.16. The van der Waals surface area contributed by atoms with Crippen LogP contribution >= 0.6 is 0 Å². The van der Waals surface area contributed by atoms with E-state index in [-0.39, 0.29) is 5.91 Å². The molecule has 27 heavy (non-hydrogen) atoms. The summed E-state index contributed by atoms with van der Waals surface area (Å²) in [6.07, 6.45) is 0.756. The summed E-state index contributed by atoms with van der Waals surface area (Å²) in [5.74, 6) is 1.25. The number of phenols is 1. The molecule has 0 spiro atoms. The van der Waals surface area contributed by atoms with Gasteiger partial charge in [0.05, 0.1) is 39.0 Å². The highest BCUT2D eigenvalue weighted by Crippen LogP contribution is 2.25. The van der Waals surface area contributed by atoms with E-state index < -0.39 is 0 Å². The number of methoxy groups -OCH3 is 1. The molecular weight excluding hydrogens is 342 g/mol. The number of nitrogens with one attached hydrogen (secondary N) is 2. The average molecular weight is 370 g/mol. The SMILES string of the molecule is COc1ccccc1CCNC(=O)C[NH+]1CCN(c2ccccc2O)CC1. The van der Waals surface area contributed by atoms with Crippen molar-refractivity contribution in [3.05, 3.63) is 54.1 Å². The van der Waals surface area contributed by atoms with Crippen molar-refractivity contribution in [2.24, 2.45) is 0 Å². The number of hydrogen-bond donors (Lipinski definition) is 3. The van der Waals surface area contributed by atoms with Crippen molar-refractivity contribution in [1.29, 1.82) is 0 Å². The standard InChI is InChI=1S/C21H27N3O3/c1-27-20-9-5-2-6-17(20)10-11-22-21(26)16-23-12-14-24(15-13-23)18-7-3-4-8-19(18)25/h2-9,25H,10-16H2,1H3,(H,22,26)/p+1. The van der Waals surface area contributed by atoms with Crippen LogP contribution in [0.3, 0.4) is 0 Å². The number of rotatable bonds is 7. The van der Waals surface area contributed by atoms with Gasteiger partial charge in [-0.2, -0.15) is 0 Å². The van der Waals surface area contributed by atoms with Crippen LogP contribution in [0.1, 0.15) is 5.56 Å². The van der Waals surface area contributed by atoms with Crippen molar-refractivity contribution >= 4 is 11.6 Å². The van der Waals surface area contributed by atoms with E-state index in [1.807, 2.05) is 42.5 Å². The highest BCUT2D eigenvalue weighted by molar-refractivity contribution is 5.76. The molecule has 0 saturated carbocycles. The Morgan fingerprint density at radius 1 is 1.15 bits per heavy atom. The zero-order valence-corrected chi connectivity index (χ0v) is 15.8. The first-order valence-corrected chi connectivity index (χ1v) is 9.42. The molecule has 1 fully saturated rings. The van der Waals surface area contributed by atoms with Crippen molar-refractivity contribution < 1.29 is 19.5 Å². The Morgan fingerprint density at radius 3 is 2.59 bits per heavy atom. The topological polar surface area (TPSA) is 66.2 Å². The Morgan fingerprint density at radius 2 is 1.85 bits per heavy atom. The second-order valence-electron chi connectivity index (χ2n) is 6.81. The van der Waals surface area contributed by atoms with Crippen molar-refractivity contribution in [1.82, 2.24) is 5.32 Å². The maximum absolute atomic E-state index is 12.2. The first-order chi connectivity index (χ1) is 13.2. The molecule has 6 heteroatoms. The number of para-hydroxylation sites is 3. The normalized spacial score (nSPS) is 14.8. The fourth-order valence-electron chi connectivity index (χ4n) is 3.51. The molecule has 0 aromatic heterocycles. The van der Waals surface area contributed by atoms with Crippen molar-refractivity contribution in [3.8, 4) is 11.5 Å². The van der Waals surface area contributed by atoms with Gasteiger partial charge in [-0.25, -0.2) is 0 Å². The van der Waals surface area contributed by atoms with E-state index in [2.05, 4.69) is 10.2 Å². The van der Waals surface area contributed by atoms with E-state index in [0.29, 0.717) is 18.8 Å². The van der Waals surface area contributed by atoms with E-state index in [4.69, 9.17) is 4.74 Å². The van der Waals surface area contributed by atoms with Gasteiger partial charge < -0.3 is 25.0 Å². The summed E-state index contributed by atoms with van der Waals surface area (Å²) in [7, 11) is 1.66. The van der Waals surface area contributed by atoms with Gasteiger partial charge in [-0.1, -0.05) is 30.3 Å². The number of nitrogens with zero attached hydrogens (tertiary/aromatic N) is 1. The van der Waals surface area contributed by atoms with E-state index in [0.717, 1.165) is 49.6 Å². The summed E-state index contributed by atoms with van der Waals surface area (Å²) in [5, 5.41) is 13.0. The quantitative estimate of drug-likeness (QED) is 0.663. The van der Waals surface area contributed by atoms with Crippen molar-refractivity contribution in [2.45, 2.75) is 6.42 Å².